The van der Waals surface area contributed by atoms with Crippen LogP contribution in [0.4, 0.5) is 4.79 Å². The highest BCUT2D eigenvalue weighted by Gasteiger charge is 2.42. The molecule has 0 aliphatic carbocycles. The van der Waals surface area contributed by atoms with Crippen LogP contribution >= 0.6 is 15.9 Å². The summed E-state index contributed by atoms with van der Waals surface area (Å²) >= 11 is 3.49. The van der Waals surface area contributed by atoms with Gasteiger partial charge in [-0.3, -0.25) is 0 Å². The van der Waals surface area contributed by atoms with Crippen LogP contribution < -0.4 is 14.2 Å². The van der Waals surface area contributed by atoms with E-state index in [9.17, 15) is 9.59 Å². The van der Waals surface area contributed by atoms with E-state index in [4.69, 9.17) is 18.3 Å². The first-order chi connectivity index (χ1) is 21.5. The average Bonchev–Trinajstić information content (AvgIpc) is 2.90. The summed E-state index contributed by atoms with van der Waals surface area (Å²) in [4.78, 5) is 26.2. The number of alkyl halides is 1. The van der Waals surface area contributed by atoms with E-state index in [0.29, 0.717) is 12.4 Å². The summed E-state index contributed by atoms with van der Waals surface area (Å²) in [5.74, 6) is 0.950. The number of ether oxygens (including phenoxy) is 2. The van der Waals surface area contributed by atoms with E-state index >= 15 is 0 Å². The minimum absolute atomic E-state index is 0.0128. The molecular weight excluding hydrogens is 690 g/mol. The van der Waals surface area contributed by atoms with Crippen molar-refractivity contribution in [1.82, 2.24) is 5.32 Å². The smallest absolute Gasteiger partial charge is 0.408 e. The van der Waals surface area contributed by atoms with Gasteiger partial charge in [0.05, 0.1) is 6.61 Å². The summed E-state index contributed by atoms with van der Waals surface area (Å²) in [5, 5.41) is 3.86. The zero-order valence-corrected chi connectivity index (χ0v) is 35.7. The molecule has 0 radical (unpaired) electrons. The van der Waals surface area contributed by atoms with Crippen molar-refractivity contribution in [2.75, 3.05) is 11.9 Å². The van der Waals surface area contributed by atoms with E-state index in [1.165, 1.54) is 38.5 Å². The van der Waals surface area contributed by atoms with Crippen molar-refractivity contribution in [3.8, 4) is 11.5 Å². The van der Waals surface area contributed by atoms with Crippen molar-refractivity contribution in [3.63, 3.8) is 0 Å². The second kappa shape index (κ2) is 19.0. The van der Waals surface area contributed by atoms with Gasteiger partial charge in [0.1, 0.15) is 23.1 Å². The number of rotatable bonds is 19. The fourth-order valence-electron chi connectivity index (χ4n) is 4.29. The number of amides is 1. The van der Waals surface area contributed by atoms with Gasteiger partial charge in [0, 0.05) is 11.8 Å². The quantitative estimate of drug-likeness (QED) is 0.0655. The first-order valence-corrected chi connectivity index (χ1v) is 24.7. The third-order valence-electron chi connectivity index (χ3n) is 9.29. The predicted molar refractivity (Wildman–Crippen MR) is 205 cm³/mol. The van der Waals surface area contributed by atoms with E-state index in [-0.39, 0.29) is 16.5 Å². The largest absolute Gasteiger partial charge is 0.541 e. The maximum Gasteiger partial charge on any atom is 0.408 e. The van der Waals surface area contributed by atoms with Gasteiger partial charge in [-0.15, -0.1) is 0 Å². The number of alkyl carbamates (subject to hydrolysis) is 1. The van der Waals surface area contributed by atoms with Gasteiger partial charge in [0.25, 0.3) is 16.6 Å². The number of carbonyl (C=O) groups excluding carboxylic acids is 2. The standard InChI is InChI=1S/C37H68BrNO6Si2/c1-35(2,3)43-34(41)39-30(33(40)42-26-22-20-18-16-14-15-17-19-21-25-38)27-29-23-24-31(44-46(10,11)36(4,5)6)32(28-29)45-47(12,13)37(7,8)9/h23-24,28,30H,14-22,25-27H2,1-13H3,(H,39,41). The molecule has 0 aliphatic rings. The summed E-state index contributed by atoms with van der Waals surface area (Å²) in [7, 11) is -4.39. The Morgan fingerprint density at radius 1 is 0.723 bits per heavy atom. The maximum absolute atomic E-state index is 13.4. The Bertz CT molecular complexity index is 1110. The van der Waals surface area contributed by atoms with Gasteiger partial charge in [-0.05, 0) is 87.6 Å². The van der Waals surface area contributed by atoms with Crippen molar-refractivity contribution in [3.05, 3.63) is 23.8 Å². The highest BCUT2D eigenvalue weighted by Crippen LogP contribution is 2.44. The van der Waals surface area contributed by atoms with Gasteiger partial charge in [-0.2, -0.15) is 0 Å². The Labute approximate surface area is 298 Å². The third kappa shape index (κ3) is 16.6. The first-order valence-electron chi connectivity index (χ1n) is 17.7. The number of hydrogen-bond donors (Lipinski definition) is 1. The Morgan fingerprint density at radius 2 is 1.19 bits per heavy atom. The van der Waals surface area contributed by atoms with Gasteiger partial charge in [0.2, 0.25) is 0 Å². The number of hydrogen-bond acceptors (Lipinski definition) is 6. The molecule has 47 heavy (non-hydrogen) atoms. The number of carbonyl (C=O) groups is 2. The van der Waals surface area contributed by atoms with Crippen LogP contribution in [-0.4, -0.2) is 52.3 Å². The maximum atomic E-state index is 13.4. The Balaban J connectivity index is 3.12. The van der Waals surface area contributed by atoms with Crippen LogP contribution in [0.25, 0.3) is 0 Å². The van der Waals surface area contributed by atoms with E-state index < -0.39 is 40.3 Å². The lowest BCUT2D eigenvalue weighted by molar-refractivity contribution is -0.146. The molecule has 1 amide bonds. The molecule has 0 heterocycles. The summed E-state index contributed by atoms with van der Waals surface area (Å²) < 4.78 is 24.8. The van der Waals surface area contributed by atoms with Gasteiger partial charge in [-0.1, -0.05) is 108 Å². The monoisotopic (exact) mass is 757 g/mol. The molecule has 0 saturated carbocycles. The number of benzene rings is 1. The average molecular weight is 759 g/mol. The molecule has 1 N–H and O–H groups in total. The van der Waals surface area contributed by atoms with Crippen LogP contribution in [0, 0.1) is 0 Å². The first kappa shape index (κ1) is 43.5. The molecule has 1 aromatic carbocycles. The topological polar surface area (TPSA) is 83.1 Å². The SMILES string of the molecule is CC(C)(C)OC(=O)NC(Cc1ccc(O[Si](C)(C)C(C)(C)C)c(O[Si](C)(C)C(C)(C)C)c1)C(=O)OCCCCCCCCCCCBr. The zero-order valence-electron chi connectivity index (χ0n) is 32.1. The lowest BCUT2D eigenvalue weighted by atomic mass is 10.1. The molecule has 0 saturated heterocycles. The van der Waals surface area contributed by atoms with Crippen molar-refractivity contribution in [2.24, 2.45) is 0 Å². The molecule has 0 aliphatic heterocycles. The van der Waals surface area contributed by atoms with Crippen molar-refractivity contribution in [2.45, 2.75) is 174 Å². The summed E-state index contributed by atoms with van der Waals surface area (Å²) in [6, 6.07) is 4.98. The molecule has 0 fully saturated rings. The van der Waals surface area contributed by atoms with Crippen LogP contribution in [0.3, 0.4) is 0 Å². The minimum Gasteiger partial charge on any atom is -0.541 e. The fourth-order valence-corrected chi connectivity index (χ4v) is 6.72. The lowest BCUT2D eigenvalue weighted by Gasteiger charge is -2.39. The van der Waals surface area contributed by atoms with Gasteiger partial charge in [-0.25, -0.2) is 9.59 Å². The molecule has 0 bridgehead atoms. The molecule has 1 aromatic rings. The number of halogens is 1. The molecule has 272 valence electrons. The van der Waals surface area contributed by atoms with Crippen molar-refractivity contribution in [1.29, 1.82) is 0 Å². The van der Waals surface area contributed by atoms with Gasteiger partial charge < -0.3 is 23.6 Å². The highest BCUT2D eigenvalue weighted by atomic mass is 79.9. The summed E-state index contributed by atoms with van der Waals surface area (Å²) in [6.45, 7) is 27.9. The Kier molecular flexibility index (Phi) is 17.6. The second-order valence-electron chi connectivity index (χ2n) is 16.9. The molecule has 10 heteroatoms. The minimum atomic E-state index is -2.23. The molecular formula is C37H68BrNO6Si2. The molecule has 1 atom stereocenters. The van der Waals surface area contributed by atoms with Crippen LogP contribution in [0.1, 0.15) is 126 Å². The number of nitrogens with one attached hydrogen (secondary N) is 1. The Morgan fingerprint density at radius 3 is 1.66 bits per heavy atom. The zero-order chi connectivity index (χ0) is 36.1. The van der Waals surface area contributed by atoms with Crippen LogP contribution in [0.5, 0.6) is 11.5 Å². The summed E-state index contributed by atoms with van der Waals surface area (Å²) in [5.41, 5.74) is 0.148. The molecule has 0 aromatic heterocycles. The molecule has 1 rings (SSSR count). The second-order valence-corrected chi connectivity index (χ2v) is 27.2. The highest BCUT2D eigenvalue weighted by molar-refractivity contribution is 9.09. The van der Waals surface area contributed by atoms with Gasteiger partial charge in [0.15, 0.2) is 0 Å². The van der Waals surface area contributed by atoms with E-state index in [1.807, 2.05) is 18.2 Å². The molecule has 1 unspecified atom stereocenters. The van der Waals surface area contributed by atoms with Crippen molar-refractivity contribution >= 4 is 44.6 Å². The molecule has 0 spiro atoms. The van der Waals surface area contributed by atoms with E-state index in [0.717, 1.165) is 35.9 Å². The third-order valence-corrected chi connectivity index (χ3v) is 18.5. The summed E-state index contributed by atoms with van der Waals surface area (Å²) in [6.07, 6.45) is 10.1. The van der Waals surface area contributed by atoms with E-state index in [1.54, 1.807) is 20.8 Å². The predicted octanol–water partition coefficient (Wildman–Crippen LogP) is 11.3. The van der Waals surface area contributed by atoms with Crippen LogP contribution in [0.15, 0.2) is 18.2 Å². The number of esters is 1. The van der Waals surface area contributed by atoms with Crippen LogP contribution in [0.2, 0.25) is 36.3 Å². The van der Waals surface area contributed by atoms with Gasteiger partial charge >= 0.3 is 12.1 Å². The van der Waals surface area contributed by atoms with Crippen LogP contribution in [-0.2, 0) is 20.7 Å². The lowest BCUT2D eigenvalue weighted by Crippen LogP contribution is -2.46. The number of unbranched alkanes of at least 4 members (excludes halogenated alkanes) is 8. The Hall–Kier alpha value is -1.53. The van der Waals surface area contributed by atoms with E-state index in [2.05, 4.69) is 89.0 Å². The fraction of sp³-hybridized carbons (Fsp3) is 0.784. The molecule has 7 nitrogen and oxygen atoms in total. The van der Waals surface area contributed by atoms with Crippen molar-refractivity contribution < 1.29 is 27.9 Å². The normalized spacial score (nSPS) is 13.6.